The van der Waals surface area contributed by atoms with Crippen LogP contribution in [0.1, 0.15) is 50.5 Å². The lowest BCUT2D eigenvalue weighted by molar-refractivity contribution is -0.133. The maximum absolute atomic E-state index is 14.4. The first-order valence-electron chi connectivity index (χ1n) is 9.77. The quantitative estimate of drug-likeness (QED) is 0.872. The van der Waals surface area contributed by atoms with E-state index in [2.05, 4.69) is 10.9 Å². The van der Waals surface area contributed by atoms with E-state index in [1.54, 1.807) is 11.0 Å². The number of hydrazine groups is 1. The number of benzene rings is 1. The first kappa shape index (κ1) is 17.5. The highest BCUT2D eigenvalue weighted by Crippen LogP contribution is 2.36. The summed E-state index contributed by atoms with van der Waals surface area (Å²) >= 11 is 0. The predicted molar refractivity (Wildman–Crippen MR) is 96.8 cm³/mol. The molecule has 2 amide bonds. The van der Waals surface area contributed by atoms with Gasteiger partial charge in [0.15, 0.2) is 0 Å². The molecule has 0 spiro atoms. The molecule has 0 radical (unpaired) electrons. The lowest BCUT2D eigenvalue weighted by Gasteiger charge is -2.41. The molecular formula is C20H26FN3O2. The molecule has 1 aromatic carbocycles. The Morgan fingerprint density at radius 1 is 1.12 bits per heavy atom. The number of carbonyl (C=O) groups is 2. The third-order valence-corrected chi connectivity index (χ3v) is 6.13. The number of carbonyl (C=O) groups excluding carboxylic acids is 2. The van der Waals surface area contributed by atoms with Crippen LogP contribution in [-0.2, 0) is 16.0 Å². The van der Waals surface area contributed by atoms with E-state index in [4.69, 9.17) is 0 Å². The molecular weight excluding hydrogens is 333 g/mol. The number of halogens is 1. The van der Waals surface area contributed by atoms with Crippen molar-refractivity contribution in [2.24, 2.45) is 11.8 Å². The van der Waals surface area contributed by atoms with E-state index < -0.39 is 0 Å². The van der Waals surface area contributed by atoms with Crippen molar-refractivity contribution in [3.05, 3.63) is 29.6 Å². The van der Waals surface area contributed by atoms with Gasteiger partial charge in [-0.15, -0.1) is 0 Å². The number of nitrogens with one attached hydrogen (secondary N) is 2. The number of hydrogen-bond acceptors (Lipinski definition) is 3. The summed E-state index contributed by atoms with van der Waals surface area (Å²) in [7, 11) is 0. The fourth-order valence-corrected chi connectivity index (χ4v) is 4.74. The van der Waals surface area contributed by atoms with Crippen molar-refractivity contribution in [1.82, 2.24) is 10.9 Å². The average molecular weight is 359 g/mol. The van der Waals surface area contributed by atoms with Crippen molar-refractivity contribution in [2.45, 2.75) is 57.4 Å². The maximum Gasteiger partial charge on any atom is 0.237 e. The molecule has 6 heteroatoms. The molecule has 0 bridgehead atoms. The molecule has 26 heavy (non-hydrogen) atoms. The van der Waals surface area contributed by atoms with Crippen molar-refractivity contribution < 1.29 is 14.0 Å². The monoisotopic (exact) mass is 359 g/mol. The van der Waals surface area contributed by atoms with Crippen LogP contribution in [0.5, 0.6) is 0 Å². The third-order valence-electron chi connectivity index (χ3n) is 6.13. The number of hydrogen-bond donors (Lipinski definition) is 2. The van der Waals surface area contributed by atoms with Gasteiger partial charge < -0.3 is 4.90 Å². The summed E-state index contributed by atoms with van der Waals surface area (Å²) < 4.78 is 14.4. The summed E-state index contributed by atoms with van der Waals surface area (Å²) in [5.41, 5.74) is 7.38. The normalized spacial score (nSPS) is 29.3. The van der Waals surface area contributed by atoms with E-state index in [-0.39, 0.29) is 29.6 Å². The maximum atomic E-state index is 14.4. The molecule has 3 atom stereocenters. The smallest absolute Gasteiger partial charge is 0.237 e. The van der Waals surface area contributed by atoms with E-state index >= 15 is 0 Å². The molecule has 3 unspecified atom stereocenters. The Kier molecular flexibility index (Phi) is 4.94. The Hall–Kier alpha value is -1.95. The second-order valence-electron chi connectivity index (χ2n) is 7.79. The Morgan fingerprint density at radius 2 is 1.96 bits per heavy atom. The average Bonchev–Trinajstić information content (AvgIpc) is 2.66. The molecule has 140 valence electrons. The fourth-order valence-electron chi connectivity index (χ4n) is 4.74. The molecule has 2 saturated heterocycles. The van der Waals surface area contributed by atoms with Crippen LogP contribution in [0.4, 0.5) is 10.1 Å². The van der Waals surface area contributed by atoms with Gasteiger partial charge in [-0.25, -0.2) is 9.82 Å². The van der Waals surface area contributed by atoms with E-state index in [0.29, 0.717) is 24.6 Å². The zero-order valence-corrected chi connectivity index (χ0v) is 15.0. The van der Waals surface area contributed by atoms with Gasteiger partial charge in [0.2, 0.25) is 11.8 Å². The van der Waals surface area contributed by atoms with Gasteiger partial charge in [0, 0.05) is 24.9 Å². The third kappa shape index (κ3) is 3.34. The lowest BCUT2D eigenvalue weighted by atomic mass is 9.72. The summed E-state index contributed by atoms with van der Waals surface area (Å²) in [5.74, 6) is 0.165. The first-order valence-corrected chi connectivity index (χ1v) is 9.77. The van der Waals surface area contributed by atoms with Gasteiger partial charge in [-0.1, -0.05) is 18.9 Å². The molecule has 3 fully saturated rings. The molecule has 1 saturated carbocycles. The van der Waals surface area contributed by atoms with Crippen molar-refractivity contribution >= 4 is 17.5 Å². The van der Waals surface area contributed by atoms with Crippen LogP contribution < -0.4 is 15.8 Å². The van der Waals surface area contributed by atoms with Crippen LogP contribution in [0.15, 0.2) is 18.2 Å². The van der Waals surface area contributed by atoms with Crippen molar-refractivity contribution in [1.29, 1.82) is 0 Å². The first-order chi connectivity index (χ1) is 12.6. The summed E-state index contributed by atoms with van der Waals surface area (Å²) in [6, 6.07) is 5.22. The number of nitrogens with zero attached hydrogens (tertiary/aromatic N) is 1. The highest BCUT2D eigenvalue weighted by molar-refractivity contribution is 5.94. The van der Waals surface area contributed by atoms with Crippen molar-refractivity contribution in [2.75, 3.05) is 11.4 Å². The number of anilines is 1. The van der Waals surface area contributed by atoms with Crippen LogP contribution in [0.25, 0.3) is 0 Å². The summed E-state index contributed by atoms with van der Waals surface area (Å²) in [6.45, 7) is 0.585. The van der Waals surface area contributed by atoms with Crippen LogP contribution in [-0.4, -0.2) is 24.4 Å². The van der Waals surface area contributed by atoms with Gasteiger partial charge in [0.25, 0.3) is 0 Å². The SMILES string of the molecule is O=C1NNC(Cc2ccc(F)c(N3CCCCC3=O)c2)C2CCCCC12. The molecule has 2 N–H and O–H groups in total. The molecule has 4 rings (SSSR count). The minimum atomic E-state index is -0.343. The second-order valence-corrected chi connectivity index (χ2v) is 7.79. The summed E-state index contributed by atoms with van der Waals surface area (Å²) in [5, 5.41) is 0. The topological polar surface area (TPSA) is 61.4 Å². The Labute approximate surface area is 153 Å². The number of piperidine rings is 1. The van der Waals surface area contributed by atoms with Gasteiger partial charge in [0.1, 0.15) is 5.82 Å². The molecule has 2 heterocycles. The highest BCUT2D eigenvalue weighted by atomic mass is 19.1. The Bertz CT molecular complexity index is 708. The van der Waals surface area contributed by atoms with Crippen LogP contribution in [0.3, 0.4) is 0 Å². The lowest BCUT2D eigenvalue weighted by Crippen LogP contribution is -2.60. The minimum Gasteiger partial charge on any atom is -0.310 e. The van der Waals surface area contributed by atoms with Gasteiger partial charge in [-0.2, -0.15) is 0 Å². The zero-order chi connectivity index (χ0) is 18.1. The molecule has 3 aliphatic rings. The van der Waals surface area contributed by atoms with Crippen LogP contribution in [0.2, 0.25) is 0 Å². The second kappa shape index (κ2) is 7.35. The highest BCUT2D eigenvalue weighted by Gasteiger charge is 2.39. The van der Waals surface area contributed by atoms with Crippen LogP contribution in [0, 0.1) is 17.7 Å². The van der Waals surface area contributed by atoms with E-state index in [1.807, 2.05) is 6.07 Å². The minimum absolute atomic E-state index is 0.00250. The standard InChI is InChI=1S/C20H26FN3O2/c21-16-9-8-13(12-18(16)24-10-4-3-7-19(24)25)11-17-14-5-1-2-6-15(14)20(26)23-22-17/h8-9,12,14-15,17,22H,1-7,10-11H2,(H,23,26). The summed E-state index contributed by atoms with van der Waals surface area (Å²) in [6.07, 6.45) is 7.27. The number of amides is 2. The Balaban J connectivity index is 1.54. The fraction of sp³-hybridized carbons (Fsp3) is 0.600. The largest absolute Gasteiger partial charge is 0.310 e. The number of rotatable bonds is 3. The Morgan fingerprint density at radius 3 is 2.81 bits per heavy atom. The van der Waals surface area contributed by atoms with E-state index in [0.717, 1.165) is 50.5 Å². The molecule has 1 aliphatic carbocycles. The van der Waals surface area contributed by atoms with Gasteiger partial charge in [-0.05, 0) is 55.7 Å². The summed E-state index contributed by atoms with van der Waals surface area (Å²) in [4.78, 5) is 25.9. The predicted octanol–water partition coefficient (Wildman–Crippen LogP) is 2.69. The molecule has 0 aromatic heterocycles. The van der Waals surface area contributed by atoms with Gasteiger partial charge >= 0.3 is 0 Å². The van der Waals surface area contributed by atoms with Crippen LogP contribution >= 0.6 is 0 Å². The molecule has 1 aromatic rings. The number of fused-ring (bicyclic) bond motifs is 1. The molecule has 5 nitrogen and oxygen atoms in total. The van der Waals surface area contributed by atoms with Gasteiger partial charge in [-0.3, -0.25) is 15.0 Å². The van der Waals surface area contributed by atoms with E-state index in [1.165, 1.54) is 6.07 Å². The zero-order valence-electron chi connectivity index (χ0n) is 15.0. The van der Waals surface area contributed by atoms with E-state index in [9.17, 15) is 14.0 Å². The van der Waals surface area contributed by atoms with Gasteiger partial charge in [0.05, 0.1) is 5.69 Å². The van der Waals surface area contributed by atoms with Crippen molar-refractivity contribution in [3.63, 3.8) is 0 Å². The molecule has 2 aliphatic heterocycles. The van der Waals surface area contributed by atoms with Crippen molar-refractivity contribution in [3.8, 4) is 0 Å².